The summed E-state index contributed by atoms with van der Waals surface area (Å²) in [6.07, 6.45) is 1.02. The summed E-state index contributed by atoms with van der Waals surface area (Å²) in [4.78, 5) is 0. The molecule has 0 aliphatic carbocycles. The van der Waals surface area contributed by atoms with Crippen LogP contribution in [0.2, 0.25) is 0 Å². The molecule has 92 valence electrons. The van der Waals surface area contributed by atoms with Crippen molar-refractivity contribution in [3.8, 4) is 0 Å². The maximum atomic E-state index is 11.1. The number of nitrogens with two attached hydrogens (primary N) is 1. The number of fused-ring (bicyclic) bond motifs is 1. The Bertz CT molecular complexity index is 538. The van der Waals surface area contributed by atoms with Gasteiger partial charge in [-0.3, -0.25) is 0 Å². The van der Waals surface area contributed by atoms with E-state index in [-0.39, 0.29) is 0 Å². The monoisotopic (exact) mass is 240 g/mol. The highest BCUT2D eigenvalue weighted by Crippen LogP contribution is 2.31. The Hall–Kier alpha value is -1.64. The average Bonchev–Trinajstić information content (AvgIpc) is 2.61. The van der Waals surface area contributed by atoms with Gasteiger partial charge in [0.2, 0.25) is 0 Å². The molecule has 3 rings (SSSR count). The molecule has 2 nitrogen and oxygen atoms in total. The molecule has 0 bridgehead atoms. The molecule has 0 fully saturated rings. The summed E-state index contributed by atoms with van der Waals surface area (Å²) in [6, 6.07) is 18.2. The Labute approximate surface area is 107 Å². The van der Waals surface area contributed by atoms with Crippen LogP contribution in [0.1, 0.15) is 16.7 Å². The third-order valence-corrected chi connectivity index (χ3v) is 3.77. The fraction of sp³-hybridized carbons (Fsp3) is 0.250. The molecule has 1 atom stereocenters. The van der Waals surface area contributed by atoms with E-state index >= 15 is 0 Å². The van der Waals surface area contributed by atoms with Crippen LogP contribution < -0.4 is 5.32 Å². The zero-order chi connectivity index (χ0) is 12.4. The van der Waals surface area contributed by atoms with Crippen molar-refractivity contribution >= 4 is 0 Å². The van der Waals surface area contributed by atoms with Crippen LogP contribution in [-0.4, -0.2) is 18.2 Å². The smallest absolute Gasteiger partial charge is 0.164 e. The zero-order valence-electron chi connectivity index (χ0n) is 10.3. The fourth-order valence-corrected chi connectivity index (χ4v) is 2.81. The van der Waals surface area contributed by atoms with Gasteiger partial charge in [-0.25, -0.2) is 0 Å². The molecule has 0 unspecified atom stereocenters. The van der Waals surface area contributed by atoms with Crippen LogP contribution in [-0.2, 0) is 12.0 Å². The van der Waals surface area contributed by atoms with Gasteiger partial charge in [0.25, 0.3) is 0 Å². The first-order valence-electron chi connectivity index (χ1n) is 6.49. The second-order valence-electron chi connectivity index (χ2n) is 4.91. The van der Waals surface area contributed by atoms with E-state index < -0.39 is 5.60 Å². The Balaban J connectivity index is 2.16. The van der Waals surface area contributed by atoms with Crippen LogP contribution >= 0.6 is 0 Å². The van der Waals surface area contributed by atoms with Gasteiger partial charge in [-0.15, -0.1) is 0 Å². The molecule has 3 N–H and O–H groups in total. The molecule has 0 saturated carbocycles. The van der Waals surface area contributed by atoms with Gasteiger partial charge < -0.3 is 10.4 Å². The number of aliphatic hydroxyl groups is 1. The van der Waals surface area contributed by atoms with Gasteiger partial charge in [0, 0.05) is 6.42 Å². The molecule has 2 aromatic rings. The SMILES string of the molecule is O[C@@]1(c2ccccc2)C[NH2+]CCc2ccccc21. The van der Waals surface area contributed by atoms with Crippen molar-refractivity contribution in [2.24, 2.45) is 0 Å². The van der Waals surface area contributed by atoms with Gasteiger partial charge in [-0.05, 0) is 16.7 Å². The minimum Gasteiger partial charge on any atom is -0.375 e. The minimum atomic E-state index is -0.867. The molecule has 2 aromatic carbocycles. The van der Waals surface area contributed by atoms with Gasteiger partial charge in [-0.2, -0.15) is 0 Å². The van der Waals surface area contributed by atoms with Crippen molar-refractivity contribution in [3.63, 3.8) is 0 Å². The van der Waals surface area contributed by atoms with Crippen molar-refractivity contribution < 1.29 is 10.4 Å². The lowest BCUT2D eigenvalue weighted by Crippen LogP contribution is -2.87. The first kappa shape index (κ1) is 11.5. The van der Waals surface area contributed by atoms with Crippen LogP contribution in [0.4, 0.5) is 0 Å². The number of hydrogen-bond donors (Lipinski definition) is 2. The molecule has 18 heavy (non-hydrogen) atoms. The summed E-state index contributed by atoms with van der Waals surface area (Å²) in [5.74, 6) is 0. The maximum absolute atomic E-state index is 11.1. The summed E-state index contributed by atoms with van der Waals surface area (Å²) >= 11 is 0. The van der Waals surface area contributed by atoms with E-state index in [2.05, 4.69) is 23.5 Å². The molecular weight excluding hydrogens is 222 g/mol. The highest BCUT2D eigenvalue weighted by molar-refractivity contribution is 5.41. The van der Waals surface area contributed by atoms with E-state index in [1.54, 1.807) is 0 Å². The van der Waals surface area contributed by atoms with Crippen molar-refractivity contribution in [1.82, 2.24) is 0 Å². The van der Waals surface area contributed by atoms with Crippen molar-refractivity contribution in [2.75, 3.05) is 13.1 Å². The van der Waals surface area contributed by atoms with Crippen LogP contribution in [0.5, 0.6) is 0 Å². The number of rotatable bonds is 1. The quantitative estimate of drug-likeness (QED) is 0.768. The topological polar surface area (TPSA) is 36.8 Å². The van der Waals surface area contributed by atoms with Gasteiger partial charge in [0.05, 0.1) is 6.54 Å². The molecule has 1 aliphatic heterocycles. The predicted octanol–water partition coefficient (Wildman–Crippen LogP) is 1.04. The minimum absolute atomic E-state index is 0.689. The van der Waals surface area contributed by atoms with E-state index in [1.807, 2.05) is 36.4 Å². The summed E-state index contributed by atoms with van der Waals surface area (Å²) in [5.41, 5.74) is 2.44. The van der Waals surface area contributed by atoms with Crippen LogP contribution in [0.15, 0.2) is 54.6 Å². The molecule has 1 heterocycles. The Morgan fingerprint density at radius 2 is 1.67 bits per heavy atom. The number of benzene rings is 2. The van der Waals surface area contributed by atoms with Gasteiger partial charge in [0.15, 0.2) is 5.60 Å². The first-order chi connectivity index (χ1) is 8.81. The zero-order valence-corrected chi connectivity index (χ0v) is 10.3. The largest absolute Gasteiger partial charge is 0.375 e. The molecule has 0 aromatic heterocycles. The predicted molar refractivity (Wildman–Crippen MR) is 71.2 cm³/mol. The van der Waals surface area contributed by atoms with Gasteiger partial charge >= 0.3 is 0 Å². The van der Waals surface area contributed by atoms with E-state index in [4.69, 9.17) is 0 Å². The second kappa shape index (κ2) is 4.56. The maximum Gasteiger partial charge on any atom is 0.164 e. The standard InChI is InChI=1S/C16H17NO/c18-16(14-7-2-1-3-8-14)12-17-11-10-13-6-4-5-9-15(13)16/h1-9,17-18H,10-12H2/p+1/t16-/m1/s1. The molecule has 2 heteroatoms. The number of quaternary nitrogens is 1. The van der Waals surface area contributed by atoms with Crippen molar-refractivity contribution in [2.45, 2.75) is 12.0 Å². The van der Waals surface area contributed by atoms with Crippen LogP contribution in [0.3, 0.4) is 0 Å². The summed E-state index contributed by atoms with van der Waals surface area (Å²) in [7, 11) is 0. The molecule has 0 amide bonds. The molecule has 0 spiro atoms. The van der Waals surface area contributed by atoms with Gasteiger partial charge in [0.1, 0.15) is 6.54 Å². The van der Waals surface area contributed by atoms with Crippen LogP contribution in [0.25, 0.3) is 0 Å². The van der Waals surface area contributed by atoms with E-state index in [9.17, 15) is 5.11 Å². The third-order valence-electron chi connectivity index (χ3n) is 3.77. The molecular formula is C16H18NO+. The highest BCUT2D eigenvalue weighted by atomic mass is 16.3. The summed E-state index contributed by atoms with van der Waals surface area (Å²) in [5, 5.41) is 13.3. The first-order valence-corrected chi connectivity index (χ1v) is 6.49. The summed E-state index contributed by atoms with van der Waals surface area (Å²) in [6.45, 7) is 1.72. The Kier molecular flexibility index (Phi) is 2.90. The van der Waals surface area contributed by atoms with Gasteiger partial charge in [-0.1, -0.05) is 54.6 Å². The highest BCUT2D eigenvalue weighted by Gasteiger charge is 2.36. The lowest BCUT2D eigenvalue weighted by molar-refractivity contribution is -0.665. The summed E-state index contributed by atoms with van der Waals surface area (Å²) < 4.78 is 0. The normalized spacial score (nSPS) is 23.2. The van der Waals surface area contributed by atoms with Crippen LogP contribution in [0, 0.1) is 0 Å². The van der Waals surface area contributed by atoms with E-state index in [1.165, 1.54) is 5.56 Å². The van der Waals surface area contributed by atoms with E-state index in [0.29, 0.717) is 6.54 Å². The third kappa shape index (κ3) is 1.84. The average molecular weight is 240 g/mol. The van der Waals surface area contributed by atoms with E-state index in [0.717, 1.165) is 24.1 Å². The molecule has 0 radical (unpaired) electrons. The lowest BCUT2D eigenvalue weighted by Gasteiger charge is -2.27. The van der Waals surface area contributed by atoms with Crippen molar-refractivity contribution in [3.05, 3.63) is 71.3 Å². The van der Waals surface area contributed by atoms with Crippen molar-refractivity contribution in [1.29, 1.82) is 0 Å². The lowest BCUT2D eigenvalue weighted by atomic mass is 9.84. The Morgan fingerprint density at radius 3 is 2.50 bits per heavy atom. The fourth-order valence-electron chi connectivity index (χ4n) is 2.81. The molecule has 0 saturated heterocycles. The number of hydrogen-bond acceptors (Lipinski definition) is 1. The molecule has 1 aliphatic rings. The second-order valence-corrected chi connectivity index (χ2v) is 4.91. The Morgan fingerprint density at radius 1 is 0.944 bits per heavy atom.